The van der Waals surface area contributed by atoms with Crippen LogP contribution in [0.1, 0.15) is 45.8 Å². The van der Waals surface area contributed by atoms with Gasteiger partial charge in [-0.1, -0.05) is 11.6 Å². The molecule has 4 aromatic rings. The number of rotatable bonds is 13. The Kier molecular flexibility index (Phi) is 15.7. The number of urea groups is 1. The Labute approximate surface area is 342 Å². The number of methoxy groups -OCH3 is 2. The van der Waals surface area contributed by atoms with Crippen molar-refractivity contribution in [1.82, 2.24) is 19.7 Å². The molecule has 0 saturated carbocycles. The minimum atomic E-state index is -5.14. The van der Waals surface area contributed by atoms with Gasteiger partial charge in [0, 0.05) is 12.1 Å². The van der Waals surface area contributed by atoms with Gasteiger partial charge in [0.1, 0.15) is 22.8 Å². The van der Waals surface area contributed by atoms with Gasteiger partial charge in [-0.3, -0.25) is 15.4 Å². The van der Waals surface area contributed by atoms with Gasteiger partial charge in [0.2, 0.25) is 17.7 Å². The molecular weight excluding hydrogens is 886 g/mol. The first-order chi connectivity index (χ1) is 28.3. The number of aromatic carboxylic acids is 1. The quantitative estimate of drug-likeness (QED) is 0.0576. The molecule has 3 N–H and O–H groups in total. The summed E-state index contributed by atoms with van der Waals surface area (Å²) in [6.45, 7) is 2.81. The summed E-state index contributed by atoms with van der Waals surface area (Å²) in [5.41, 5.74) is -4.92. The van der Waals surface area contributed by atoms with Crippen LogP contribution in [0.25, 0.3) is 0 Å². The number of hydrogen-bond acceptors (Lipinski definition) is 16. The van der Waals surface area contributed by atoms with Crippen molar-refractivity contribution in [1.29, 1.82) is 0 Å². The van der Waals surface area contributed by atoms with E-state index in [2.05, 4.69) is 15.0 Å². The van der Waals surface area contributed by atoms with Gasteiger partial charge >= 0.3 is 36.3 Å². The number of carbonyl (C=O) groups excluding carboxylic acids is 3. The molecule has 0 aliphatic heterocycles. The number of nitrogens with zero attached hydrogens (tertiary/aromatic N) is 4. The Bertz CT molecular complexity index is 2420. The van der Waals surface area contributed by atoms with Crippen molar-refractivity contribution in [2.75, 3.05) is 26.1 Å². The van der Waals surface area contributed by atoms with E-state index in [9.17, 15) is 64.1 Å². The van der Waals surface area contributed by atoms with E-state index in [1.165, 1.54) is 31.9 Å². The first-order valence-electron chi connectivity index (χ1n) is 16.1. The number of anilines is 1. The summed E-state index contributed by atoms with van der Waals surface area (Å²) in [7, 11) is -2.66. The number of hydrogen-bond donors (Lipinski definition) is 3. The number of carbonyl (C=O) groups is 4. The number of pyridine rings is 1. The van der Waals surface area contributed by atoms with E-state index < -0.39 is 96.4 Å². The third kappa shape index (κ3) is 13.2. The van der Waals surface area contributed by atoms with Gasteiger partial charge in [-0.2, -0.15) is 44.7 Å². The molecule has 0 saturated heterocycles. The second-order valence-corrected chi connectivity index (χ2v) is 13.2. The lowest BCUT2D eigenvalue weighted by Gasteiger charge is -2.13. The first-order valence-corrected chi connectivity index (χ1v) is 18.0. The molecule has 20 nitrogen and oxygen atoms in total. The Morgan fingerprint density at radius 1 is 0.902 bits per heavy atom. The number of ether oxygens (including phenoxy) is 5. The summed E-state index contributed by atoms with van der Waals surface area (Å²) in [5, 5.41) is 20.3. The number of amides is 2. The summed E-state index contributed by atoms with van der Waals surface area (Å²) in [5.74, 6) is -4.84. The number of esters is 2. The average Bonchev–Trinajstić information content (AvgIpc) is 3.17. The summed E-state index contributed by atoms with van der Waals surface area (Å²) in [6, 6.07) is 5.80. The topological polar surface area (TPSA) is 275 Å². The Morgan fingerprint density at radius 3 is 2.03 bits per heavy atom. The number of nitro groups is 1. The Hall–Kier alpha value is -7.03. The molecular formula is C33H27ClF6N6O14S. The van der Waals surface area contributed by atoms with E-state index in [0.29, 0.717) is 18.2 Å². The Balaban J connectivity index is 0.000000325. The number of carboxylic acids is 1. The van der Waals surface area contributed by atoms with Crippen molar-refractivity contribution in [2.45, 2.75) is 37.3 Å². The van der Waals surface area contributed by atoms with E-state index >= 15 is 0 Å². The average molecular weight is 913 g/mol. The predicted molar refractivity (Wildman–Crippen MR) is 192 cm³/mol. The highest BCUT2D eigenvalue weighted by molar-refractivity contribution is 7.90. The molecule has 0 spiro atoms. The van der Waals surface area contributed by atoms with Crippen molar-refractivity contribution in [3.8, 4) is 23.3 Å². The lowest BCUT2D eigenvalue weighted by Crippen LogP contribution is -2.36. The molecule has 2 amide bonds. The summed E-state index contributed by atoms with van der Waals surface area (Å²) >= 11 is 5.83. The van der Waals surface area contributed by atoms with Crippen LogP contribution >= 0.6 is 11.6 Å². The summed E-state index contributed by atoms with van der Waals surface area (Å²) < 4.78 is 127. The van der Waals surface area contributed by atoms with Gasteiger partial charge in [0.25, 0.3) is 15.7 Å². The van der Waals surface area contributed by atoms with Gasteiger partial charge in [0.05, 0.1) is 48.0 Å². The zero-order chi connectivity index (χ0) is 46.0. The predicted octanol–water partition coefficient (Wildman–Crippen LogP) is 6.28. The van der Waals surface area contributed by atoms with Crippen molar-refractivity contribution in [2.24, 2.45) is 0 Å². The molecule has 0 fully saturated rings. The van der Waals surface area contributed by atoms with Crippen LogP contribution in [0.4, 0.5) is 42.8 Å². The molecule has 61 heavy (non-hydrogen) atoms. The number of benzene rings is 2. The van der Waals surface area contributed by atoms with Crippen molar-refractivity contribution in [3.63, 3.8) is 0 Å². The number of nitrogens with one attached hydrogen (secondary N) is 2. The molecule has 1 atom stereocenters. The van der Waals surface area contributed by atoms with Crippen molar-refractivity contribution in [3.05, 3.63) is 92.1 Å². The van der Waals surface area contributed by atoms with Gasteiger partial charge in [-0.05, 0) is 50.2 Å². The largest absolute Gasteiger partial charge is 0.481 e. The molecule has 28 heteroatoms. The van der Waals surface area contributed by atoms with E-state index in [1.807, 2.05) is 5.32 Å². The number of sulfonamides is 1. The normalized spacial score (nSPS) is 11.8. The summed E-state index contributed by atoms with van der Waals surface area (Å²) in [6.07, 6.45) is -11.0. The van der Waals surface area contributed by atoms with Crippen LogP contribution in [-0.4, -0.2) is 84.3 Å². The van der Waals surface area contributed by atoms with Gasteiger partial charge < -0.3 is 28.8 Å². The SMILES string of the molecule is CCOC(=O)C(C)OC(=O)c1cc(Oc2ccc(C(F)(F)F)cc2Cl)ccc1[N+](=O)[O-].COc1cc(OC)nc(NC(=O)NS(=O)(=O)c2nc(C(F)(F)F)ccc2C(=O)O)n1. The highest BCUT2D eigenvalue weighted by atomic mass is 35.5. The standard InChI is InChI=1S/C19H15ClF3NO7.C14H12F3N5O7S/c1-3-29-17(25)10(2)30-18(26)13-9-12(5-6-15(13)24(27)28)31-16-7-4-11(8-14(16)20)19(21,22)23;1-28-8-5-9(29-2)20-12(19-8)21-13(25)22-30(26,27)10-6(11(23)24)3-4-7(18-10)14(15,16)17/h4-10H,3H2,1-2H3;3-5H,1-2H3,(H,23,24)(H2,19,20,21,22,25). The fraction of sp³-hybridized carbons (Fsp3) is 0.242. The number of nitro benzene ring substituents is 1. The number of alkyl halides is 6. The number of carboxylic acid groups (broad SMARTS) is 1. The maximum absolute atomic E-state index is 12.8. The molecule has 0 aliphatic carbocycles. The van der Waals surface area contributed by atoms with E-state index in [0.717, 1.165) is 30.3 Å². The second-order valence-electron chi connectivity index (χ2n) is 11.2. The van der Waals surface area contributed by atoms with Gasteiger partial charge in [0.15, 0.2) is 11.1 Å². The molecule has 2 heterocycles. The molecule has 1 unspecified atom stereocenters. The molecule has 328 valence electrons. The fourth-order valence-electron chi connectivity index (χ4n) is 4.25. The smallest absolute Gasteiger partial charge is 0.433 e. The summed E-state index contributed by atoms with van der Waals surface area (Å²) in [4.78, 5) is 67.8. The molecule has 2 aromatic heterocycles. The van der Waals surface area contributed by atoms with Gasteiger partial charge in [-0.15, -0.1) is 0 Å². The molecule has 4 rings (SSSR count). The minimum Gasteiger partial charge on any atom is -0.481 e. The van der Waals surface area contributed by atoms with E-state index in [-0.39, 0.29) is 34.9 Å². The van der Waals surface area contributed by atoms with Crippen LogP contribution in [0.15, 0.2) is 59.6 Å². The highest BCUT2D eigenvalue weighted by Crippen LogP contribution is 2.37. The number of aromatic nitrogens is 3. The van der Waals surface area contributed by atoms with Crippen molar-refractivity contribution >= 4 is 57.2 Å². The van der Waals surface area contributed by atoms with Crippen molar-refractivity contribution < 1.29 is 87.7 Å². The van der Waals surface area contributed by atoms with Crippen LogP contribution in [0.3, 0.4) is 0 Å². The maximum Gasteiger partial charge on any atom is 0.433 e. The third-order valence-corrected chi connectivity index (χ3v) is 8.53. The molecule has 0 bridgehead atoms. The van der Waals surface area contributed by atoms with E-state index in [1.54, 1.807) is 6.92 Å². The Morgan fingerprint density at radius 2 is 1.52 bits per heavy atom. The van der Waals surface area contributed by atoms with Crippen LogP contribution in [0.2, 0.25) is 5.02 Å². The zero-order valence-electron chi connectivity index (χ0n) is 31.1. The molecule has 0 radical (unpaired) electrons. The van der Waals surface area contributed by atoms with Crippen LogP contribution in [-0.2, 0) is 36.6 Å². The monoisotopic (exact) mass is 912 g/mol. The van der Waals surface area contributed by atoms with Gasteiger partial charge in [-0.25, -0.2) is 28.9 Å². The van der Waals surface area contributed by atoms with Crippen LogP contribution in [0, 0.1) is 10.1 Å². The third-order valence-electron chi connectivity index (χ3n) is 6.96. The lowest BCUT2D eigenvalue weighted by molar-refractivity contribution is -0.385. The maximum atomic E-state index is 12.8. The van der Waals surface area contributed by atoms with Crippen LogP contribution in [0.5, 0.6) is 23.3 Å². The minimum absolute atomic E-state index is 0.0398. The molecule has 0 aliphatic rings. The lowest BCUT2D eigenvalue weighted by atomic mass is 10.1. The highest BCUT2D eigenvalue weighted by Gasteiger charge is 2.37. The number of halogens is 7. The van der Waals surface area contributed by atoms with E-state index in [4.69, 9.17) is 40.4 Å². The first kappa shape index (κ1) is 48.3. The zero-order valence-corrected chi connectivity index (χ0v) is 32.7. The fourth-order valence-corrected chi connectivity index (χ4v) is 5.53. The second kappa shape index (κ2) is 19.8. The van der Waals surface area contributed by atoms with Crippen LogP contribution < -0.4 is 24.2 Å². The molecule has 2 aromatic carbocycles.